The minimum Gasteiger partial charge on any atom is -0.403 e. The Morgan fingerprint density at radius 1 is 1.17 bits per heavy atom. The van der Waals surface area contributed by atoms with Crippen molar-refractivity contribution in [2.45, 2.75) is 31.3 Å². The number of halogens is 5. The summed E-state index contributed by atoms with van der Waals surface area (Å²) in [6, 6.07) is 12.9. The zero-order chi connectivity index (χ0) is 30.1. The van der Waals surface area contributed by atoms with Gasteiger partial charge in [-0.25, -0.2) is 20.1 Å². The van der Waals surface area contributed by atoms with Gasteiger partial charge in [-0.3, -0.25) is 10.3 Å². The van der Waals surface area contributed by atoms with E-state index in [2.05, 4.69) is 9.87 Å². The van der Waals surface area contributed by atoms with Gasteiger partial charge in [-0.2, -0.15) is 8.78 Å². The molecule has 1 aromatic heterocycles. The van der Waals surface area contributed by atoms with E-state index in [9.17, 15) is 8.78 Å². The van der Waals surface area contributed by atoms with Gasteiger partial charge < -0.3 is 10.3 Å². The van der Waals surface area contributed by atoms with Crippen LogP contribution >= 0.6 is 35.0 Å². The first-order chi connectivity index (χ1) is 19.4. The summed E-state index contributed by atoms with van der Waals surface area (Å²) in [4.78, 5) is 8.77. The first-order valence-electron chi connectivity index (χ1n) is 12.0. The van der Waals surface area contributed by atoms with Crippen molar-refractivity contribution in [3.8, 4) is 16.8 Å². The van der Waals surface area contributed by atoms with Crippen LogP contribution in [0, 0.1) is 12.7 Å². The third-order valence-corrected chi connectivity index (χ3v) is 7.72. The molecule has 5 N–H and O–H groups in total. The van der Waals surface area contributed by atoms with Gasteiger partial charge in [0.15, 0.2) is 0 Å². The van der Waals surface area contributed by atoms with Crippen LogP contribution in [-0.2, 0) is 17.4 Å². The predicted molar refractivity (Wildman–Crippen MR) is 158 cm³/mol. The van der Waals surface area contributed by atoms with E-state index in [1.54, 1.807) is 49.6 Å². The number of aromatic nitrogens is 2. The van der Waals surface area contributed by atoms with Crippen molar-refractivity contribution in [2.24, 2.45) is 11.6 Å². The van der Waals surface area contributed by atoms with Crippen molar-refractivity contribution in [1.82, 2.24) is 9.55 Å². The number of imidazole rings is 1. The molecule has 4 rings (SSSR count). The lowest BCUT2D eigenvalue weighted by Gasteiger charge is -2.26. The van der Waals surface area contributed by atoms with Crippen molar-refractivity contribution < 1.29 is 23.3 Å². The van der Waals surface area contributed by atoms with Gasteiger partial charge >= 0.3 is 0 Å². The molecule has 0 unspecified atom stereocenters. The van der Waals surface area contributed by atoms with Crippen LogP contribution in [0.25, 0.3) is 22.5 Å². The molecule has 4 aromatic rings. The Labute approximate surface area is 249 Å². The molecule has 0 atom stereocenters. The van der Waals surface area contributed by atoms with Gasteiger partial charge in [-0.15, -0.1) is 11.8 Å². The van der Waals surface area contributed by atoms with Crippen molar-refractivity contribution in [2.75, 3.05) is 11.3 Å². The van der Waals surface area contributed by atoms with E-state index in [0.29, 0.717) is 38.0 Å². The summed E-state index contributed by atoms with van der Waals surface area (Å²) in [6.45, 7) is 2.03. The van der Waals surface area contributed by atoms with E-state index in [1.165, 1.54) is 45.9 Å². The van der Waals surface area contributed by atoms with Crippen molar-refractivity contribution >= 4 is 46.3 Å². The van der Waals surface area contributed by atoms with Crippen LogP contribution in [-0.4, -0.2) is 21.1 Å². The van der Waals surface area contributed by atoms with E-state index in [-0.39, 0.29) is 28.7 Å². The SMILES string of the molecule is CSc1cc(-c2ccc(-n3cc(C(C)(F)F)nc3C)c(N(N)/C(=C\N)c3ccc(Cl)cc3Cl)c2)cc(F)c1COO. The molecule has 0 saturated carbocycles. The second-order valence-corrected chi connectivity index (χ2v) is 10.8. The van der Waals surface area contributed by atoms with Crippen molar-refractivity contribution in [3.05, 3.63) is 99.4 Å². The number of thioether (sulfide) groups is 1. The van der Waals surface area contributed by atoms with E-state index in [1.807, 2.05) is 0 Å². The summed E-state index contributed by atoms with van der Waals surface area (Å²) in [6.07, 6.45) is 4.26. The summed E-state index contributed by atoms with van der Waals surface area (Å²) in [7, 11) is 0. The molecule has 216 valence electrons. The molecule has 1 heterocycles. The largest absolute Gasteiger partial charge is 0.403 e. The number of anilines is 1. The molecule has 0 spiro atoms. The Morgan fingerprint density at radius 3 is 2.49 bits per heavy atom. The lowest BCUT2D eigenvalue weighted by Crippen LogP contribution is -2.31. The monoisotopic (exact) mass is 623 g/mol. The lowest BCUT2D eigenvalue weighted by atomic mass is 10.0. The predicted octanol–water partition coefficient (Wildman–Crippen LogP) is 7.75. The van der Waals surface area contributed by atoms with Gasteiger partial charge in [0.25, 0.3) is 5.92 Å². The van der Waals surface area contributed by atoms with Gasteiger partial charge in [-0.1, -0.05) is 29.3 Å². The van der Waals surface area contributed by atoms with Crippen LogP contribution in [0.2, 0.25) is 10.0 Å². The standard InChI is InChI=1S/C28H26Cl2F3N5O2S/c1-15-36-27(28(2,32)33)13-37(15)23-7-4-16(17-8-22(31)20(14-40-39)26(10-17)41-3)9-24(23)38(35)25(12-34)19-6-5-18(29)11-21(19)30/h4-13,39H,14,34-35H2,1-3H3/b25-12-. The third-order valence-electron chi connectivity index (χ3n) is 6.37. The number of benzene rings is 3. The molecule has 3 aromatic carbocycles. The molecular formula is C28H26Cl2F3N5O2S. The number of aryl methyl sites for hydroxylation is 1. The summed E-state index contributed by atoms with van der Waals surface area (Å²) >= 11 is 13.8. The summed E-state index contributed by atoms with van der Waals surface area (Å²) in [5, 5.41) is 10.8. The topological polar surface area (TPSA) is 103 Å². The fourth-order valence-electron chi connectivity index (χ4n) is 4.32. The van der Waals surface area contributed by atoms with Crippen LogP contribution in [0.1, 0.15) is 29.6 Å². The van der Waals surface area contributed by atoms with Crippen LogP contribution < -0.4 is 16.6 Å². The average Bonchev–Trinajstić information content (AvgIpc) is 3.32. The smallest absolute Gasteiger partial charge is 0.288 e. The molecule has 0 aliphatic carbocycles. The molecule has 0 amide bonds. The maximum Gasteiger partial charge on any atom is 0.288 e. The third kappa shape index (κ3) is 6.35. The molecule has 0 fully saturated rings. The van der Waals surface area contributed by atoms with Crippen LogP contribution in [0.3, 0.4) is 0 Å². The van der Waals surface area contributed by atoms with Gasteiger partial charge in [0.05, 0.1) is 22.1 Å². The Kier molecular flexibility index (Phi) is 9.27. The highest BCUT2D eigenvalue weighted by atomic mass is 35.5. The number of alkyl halides is 2. The first kappa shape index (κ1) is 30.8. The zero-order valence-corrected chi connectivity index (χ0v) is 24.5. The Morgan fingerprint density at radius 2 is 1.90 bits per heavy atom. The fraction of sp³-hybridized carbons (Fsp3) is 0.179. The maximum atomic E-state index is 15.0. The second kappa shape index (κ2) is 12.4. The summed E-state index contributed by atoms with van der Waals surface area (Å²) in [5.74, 6) is 3.19. The fourth-order valence-corrected chi connectivity index (χ4v) is 5.47. The number of nitrogens with zero attached hydrogens (tertiary/aromatic N) is 3. The normalized spacial score (nSPS) is 12.2. The minimum absolute atomic E-state index is 0.203. The molecule has 0 saturated heterocycles. The highest BCUT2D eigenvalue weighted by molar-refractivity contribution is 7.98. The highest BCUT2D eigenvalue weighted by Crippen LogP contribution is 2.38. The molecule has 13 heteroatoms. The van der Waals surface area contributed by atoms with Crippen LogP contribution in [0.15, 0.2) is 65.8 Å². The minimum atomic E-state index is -3.18. The van der Waals surface area contributed by atoms with Gasteiger partial charge in [0.2, 0.25) is 0 Å². The second-order valence-electron chi connectivity index (χ2n) is 9.09. The first-order valence-corrected chi connectivity index (χ1v) is 14.0. The summed E-state index contributed by atoms with van der Waals surface area (Å²) < 4.78 is 44.9. The Bertz CT molecular complexity index is 1630. The lowest BCUT2D eigenvalue weighted by molar-refractivity contribution is -0.253. The Balaban J connectivity index is 1.94. The molecule has 0 aliphatic rings. The van der Waals surface area contributed by atoms with E-state index < -0.39 is 17.4 Å². The maximum absolute atomic E-state index is 15.0. The van der Waals surface area contributed by atoms with E-state index >= 15 is 4.39 Å². The Hall–Kier alpha value is -3.19. The zero-order valence-electron chi connectivity index (χ0n) is 22.1. The molecular weight excluding hydrogens is 598 g/mol. The summed E-state index contributed by atoms with van der Waals surface area (Å²) in [5.41, 5.74) is 8.32. The van der Waals surface area contributed by atoms with E-state index in [0.717, 1.165) is 6.92 Å². The van der Waals surface area contributed by atoms with Gasteiger partial charge in [0, 0.05) is 40.4 Å². The van der Waals surface area contributed by atoms with Crippen molar-refractivity contribution in [1.29, 1.82) is 0 Å². The number of hydrazine groups is 1. The molecule has 0 radical (unpaired) electrons. The van der Waals surface area contributed by atoms with Crippen molar-refractivity contribution in [3.63, 3.8) is 0 Å². The molecule has 7 nitrogen and oxygen atoms in total. The average molecular weight is 625 g/mol. The highest BCUT2D eigenvalue weighted by Gasteiger charge is 2.29. The quantitative estimate of drug-likeness (QED) is 0.0758. The van der Waals surface area contributed by atoms with E-state index in [4.69, 9.17) is 40.0 Å². The van der Waals surface area contributed by atoms with Crippen LogP contribution in [0.5, 0.6) is 0 Å². The number of rotatable bonds is 9. The van der Waals surface area contributed by atoms with Gasteiger partial charge in [0.1, 0.15) is 23.9 Å². The number of hydrogen-bond donors (Lipinski definition) is 3. The van der Waals surface area contributed by atoms with Gasteiger partial charge in [-0.05, 0) is 66.8 Å². The molecule has 41 heavy (non-hydrogen) atoms. The number of hydrogen-bond acceptors (Lipinski definition) is 7. The molecule has 0 aliphatic heterocycles. The van der Waals surface area contributed by atoms with Crippen LogP contribution in [0.4, 0.5) is 18.9 Å². The molecule has 0 bridgehead atoms. The number of nitrogens with two attached hydrogens (primary N) is 2.